The van der Waals surface area contributed by atoms with Crippen LogP contribution in [0.4, 0.5) is 5.69 Å². The Balaban J connectivity index is 1.23. The Morgan fingerprint density at radius 2 is 1.81 bits per heavy atom. The second kappa shape index (κ2) is 8.81. The SMILES string of the molecule is COCCOc1ccc2c(c1)CC(c1ccc(C(=O)NC3=Cc4ccccc4C3)cc1)=N2. The first-order valence-electron chi connectivity index (χ1n) is 10.7. The number of carbonyl (C=O) groups excluding carboxylic acids is 1. The number of hydrogen-bond acceptors (Lipinski definition) is 4. The van der Waals surface area contributed by atoms with Crippen LogP contribution >= 0.6 is 0 Å². The first-order valence-corrected chi connectivity index (χ1v) is 10.7. The molecule has 32 heavy (non-hydrogen) atoms. The lowest BCUT2D eigenvalue weighted by atomic mass is 10.0. The van der Waals surface area contributed by atoms with E-state index in [4.69, 9.17) is 14.5 Å². The molecule has 0 radical (unpaired) electrons. The molecule has 1 aliphatic heterocycles. The summed E-state index contributed by atoms with van der Waals surface area (Å²) in [6.45, 7) is 1.08. The molecule has 5 nitrogen and oxygen atoms in total. The summed E-state index contributed by atoms with van der Waals surface area (Å²) in [6, 6.07) is 21.8. The number of aliphatic imine (C=N–C) groups is 1. The van der Waals surface area contributed by atoms with Crippen molar-refractivity contribution in [1.82, 2.24) is 5.32 Å². The molecule has 2 aliphatic rings. The zero-order chi connectivity index (χ0) is 21.9. The smallest absolute Gasteiger partial charge is 0.255 e. The lowest BCUT2D eigenvalue weighted by Crippen LogP contribution is -2.22. The zero-order valence-corrected chi connectivity index (χ0v) is 17.9. The topological polar surface area (TPSA) is 59.9 Å². The fourth-order valence-corrected chi connectivity index (χ4v) is 4.07. The van der Waals surface area contributed by atoms with Gasteiger partial charge in [-0.05, 0) is 58.7 Å². The van der Waals surface area contributed by atoms with Crippen LogP contribution in [0.3, 0.4) is 0 Å². The van der Waals surface area contributed by atoms with E-state index in [0.717, 1.165) is 46.8 Å². The van der Waals surface area contributed by atoms with Crippen LogP contribution < -0.4 is 10.1 Å². The summed E-state index contributed by atoms with van der Waals surface area (Å²) >= 11 is 0. The quantitative estimate of drug-likeness (QED) is 0.559. The Morgan fingerprint density at radius 3 is 2.62 bits per heavy atom. The van der Waals surface area contributed by atoms with Gasteiger partial charge in [0.1, 0.15) is 12.4 Å². The van der Waals surface area contributed by atoms with E-state index < -0.39 is 0 Å². The normalized spacial score (nSPS) is 13.8. The summed E-state index contributed by atoms with van der Waals surface area (Å²) in [7, 11) is 1.66. The molecule has 0 fully saturated rings. The highest BCUT2D eigenvalue weighted by molar-refractivity contribution is 6.07. The van der Waals surface area contributed by atoms with Crippen LogP contribution in [-0.2, 0) is 17.6 Å². The molecule has 0 spiro atoms. The third-order valence-electron chi connectivity index (χ3n) is 5.74. The van der Waals surface area contributed by atoms with Gasteiger partial charge in [-0.2, -0.15) is 0 Å². The number of nitrogens with one attached hydrogen (secondary N) is 1. The van der Waals surface area contributed by atoms with E-state index in [1.54, 1.807) is 7.11 Å². The Labute approximate surface area is 187 Å². The van der Waals surface area contributed by atoms with E-state index in [1.165, 1.54) is 11.1 Å². The number of carbonyl (C=O) groups is 1. The molecule has 5 rings (SSSR count). The molecular formula is C27H24N2O3. The predicted molar refractivity (Wildman–Crippen MR) is 126 cm³/mol. The van der Waals surface area contributed by atoms with Gasteiger partial charge in [0.15, 0.2) is 0 Å². The maximum Gasteiger partial charge on any atom is 0.255 e. The fraction of sp³-hybridized carbons (Fsp3) is 0.185. The zero-order valence-electron chi connectivity index (χ0n) is 17.9. The van der Waals surface area contributed by atoms with Gasteiger partial charge in [-0.25, -0.2) is 0 Å². The number of allylic oxidation sites excluding steroid dienone is 1. The number of nitrogens with zero attached hydrogens (tertiary/aromatic N) is 1. The molecular weight excluding hydrogens is 400 g/mol. The van der Waals surface area contributed by atoms with Gasteiger partial charge in [0.05, 0.1) is 18.0 Å². The number of benzene rings is 3. The van der Waals surface area contributed by atoms with E-state index in [0.29, 0.717) is 18.8 Å². The monoisotopic (exact) mass is 424 g/mol. The van der Waals surface area contributed by atoms with Crippen LogP contribution in [0, 0.1) is 0 Å². The maximum atomic E-state index is 12.7. The van der Waals surface area contributed by atoms with Crippen molar-refractivity contribution in [1.29, 1.82) is 0 Å². The largest absolute Gasteiger partial charge is 0.491 e. The lowest BCUT2D eigenvalue weighted by molar-refractivity contribution is 0.0965. The summed E-state index contributed by atoms with van der Waals surface area (Å²) < 4.78 is 10.7. The molecule has 1 N–H and O–H groups in total. The van der Waals surface area contributed by atoms with Crippen molar-refractivity contribution < 1.29 is 14.3 Å². The Bertz CT molecular complexity index is 1230. The molecule has 1 amide bonds. The molecule has 0 saturated carbocycles. The molecule has 3 aromatic carbocycles. The standard InChI is InChI=1S/C27H24N2O3/c1-31-12-13-32-24-10-11-25-22(16-24)17-26(29-25)18-6-8-19(9-7-18)27(30)28-23-14-20-4-2-3-5-21(20)15-23/h2-11,14,16H,12-13,15,17H2,1H3,(H,28,30). The minimum absolute atomic E-state index is 0.0925. The Kier molecular flexibility index (Phi) is 5.57. The molecule has 5 heteroatoms. The van der Waals surface area contributed by atoms with Gasteiger partial charge in [0.25, 0.3) is 5.91 Å². The number of methoxy groups -OCH3 is 1. The van der Waals surface area contributed by atoms with Gasteiger partial charge in [0, 0.05) is 31.2 Å². The minimum atomic E-state index is -0.0925. The first-order chi connectivity index (χ1) is 15.7. The molecule has 0 bridgehead atoms. The van der Waals surface area contributed by atoms with Crippen LogP contribution in [0.1, 0.15) is 32.6 Å². The summed E-state index contributed by atoms with van der Waals surface area (Å²) in [5.41, 5.74) is 8.10. The van der Waals surface area contributed by atoms with Gasteiger partial charge in [-0.3, -0.25) is 9.79 Å². The summed E-state index contributed by atoms with van der Waals surface area (Å²) in [5, 5.41) is 3.04. The highest BCUT2D eigenvalue weighted by atomic mass is 16.5. The maximum absolute atomic E-state index is 12.7. The molecule has 0 unspecified atom stereocenters. The number of hydrogen-bond donors (Lipinski definition) is 1. The lowest BCUT2D eigenvalue weighted by Gasteiger charge is -2.07. The van der Waals surface area contributed by atoms with Crippen molar-refractivity contribution in [2.24, 2.45) is 4.99 Å². The van der Waals surface area contributed by atoms with Crippen molar-refractivity contribution in [3.8, 4) is 5.75 Å². The second-order valence-electron chi connectivity index (χ2n) is 7.94. The van der Waals surface area contributed by atoms with E-state index in [-0.39, 0.29) is 5.91 Å². The summed E-state index contributed by atoms with van der Waals surface area (Å²) in [6.07, 6.45) is 3.54. The first kappa shape index (κ1) is 20.2. The Hall–Kier alpha value is -3.70. The number of rotatable bonds is 7. The fourth-order valence-electron chi connectivity index (χ4n) is 4.07. The van der Waals surface area contributed by atoms with E-state index in [1.807, 2.05) is 60.7 Å². The third-order valence-corrected chi connectivity index (χ3v) is 5.74. The van der Waals surface area contributed by atoms with E-state index >= 15 is 0 Å². The van der Waals surface area contributed by atoms with Crippen LogP contribution in [-0.4, -0.2) is 31.9 Å². The van der Waals surface area contributed by atoms with Gasteiger partial charge >= 0.3 is 0 Å². The van der Waals surface area contributed by atoms with Crippen LogP contribution in [0.5, 0.6) is 5.75 Å². The van der Waals surface area contributed by atoms with Crippen molar-refractivity contribution >= 4 is 23.4 Å². The molecule has 3 aromatic rings. The van der Waals surface area contributed by atoms with E-state index in [2.05, 4.69) is 17.4 Å². The van der Waals surface area contributed by atoms with Crippen molar-refractivity contribution in [3.05, 3.63) is 100 Å². The summed E-state index contributed by atoms with van der Waals surface area (Å²) in [4.78, 5) is 17.5. The molecule has 1 heterocycles. The third kappa shape index (κ3) is 4.20. The van der Waals surface area contributed by atoms with E-state index in [9.17, 15) is 4.79 Å². The minimum Gasteiger partial charge on any atom is -0.491 e. The van der Waals surface area contributed by atoms with Crippen LogP contribution in [0.15, 0.2) is 77.4 Å². The second-order valence-corrected chi connectivity index (χ2v) is 7.94. The van der Waals surface area contributed by atoms with Crippen molar-refractivity contribution in [3.63, 3.8) is 0 Å². The predicted octanol–water partition coefficient (Wildman–Crippen LogP) is 4.72. The van der Waals surface area contributed by atoms with Crippen molar-refractivity contribution in [2.45, 2.75) is 12.8 Å². The van der Waals surface area contributed by atoms with Gasteiger partial charge < -0.3 is 14.8 Å². The molecule has 160 valence electrons. The number of amides is 1. The van der Waals surface area contributed by atoms with Gasteiger partial charge in [-0.15, -0.1) is 0 Å². The highest BCUT2D eigenvalue weighted by Crippen LogP contribution is 2.32. The average molecular weight is 425 g/mol. The highest BCUT2D eigenvalue weighted by Gasteiger charge is 2.18. The van der Waals surface area contributed by atoms with Gasteiger partial charge in [0.2, 0.25) is 0 Å². The van der Waals surface area contributed by atoms with Gasteiger partial charge in [-0.1, -0.05) is 36.4 Å². The Morgan fingerprint density at radius 1 is 0.969 bits per heavy atom. The summed E-state index contributed by atoms with van der Waals surface area (Å²) in [5.74, 6) is 0.734. The molecule has 1 aliphatic carbocycles. The molecule has 0 atom stereocenters. The van der Waals surface area contributed by atoms with Crippen LogP contribution in [0.2, 0.25) is 0 Å². The van der Waals surface area contributed by atoms with Crippen LogP contribution in [0.25, 0.3) is 6.08 Å². The van der Waals surface area contributed by atoms with Crippen molar-refractivity contribution in [2.75, 3.05) is 20.3 Å². The molecule has 0 saturated heterocycles. The molecule has 0 aromatic heterocycles. The number of fused-ring (bicyclic) bond motifs is 2. The number of ether oxygens (including phenoxy) is 2. The average Bonchev–Trinajstić information content (AvgIpc) is 3.42.